The smallest absolute Gasteiger partial charge is 0.124 e. The number of hydrogen-bond donors (Lipinski definition) is 1. The van der Waals surface area contributed by atoms with Crippen LogP contribution in [0, 0.1) is 6.92 Å². The van der Waals surface area contributed by atoms with E-state index in [1.54, 1.807) is 7.11 Å². The molecule has 0 aromatic heterocycles. The Morgan fingerprint density at radius 1 is 1.26 bits per heavy atom. The molecule has 19 heavy (non-hydrogen) atoms. The van der Waals surface area contributed by atoms with Crippen molar-refractivity contribution in [1.29, 1.82) is 0 Å². The summed E-state index contributed by atoms with van der Waals surface area (Å²) in [5, 5.41) is 12.4. The lowest BCUT2D eigenvalue weighted by Crippen LogP contribution is -2.40. The molecule has 2 nitrogen and oxygen atoms in total. The molecule has 2 saturated heterocycles. The van der Waals surface area contributed by atoms with Crippen molar-refractivity contribution in [2.75, 3.05) is 7.11 Å². The molecule has 1 aromatic carbocycles. The van der Waals surface area contributed by atoms with Gasteiger partial charge in [0.25, 0.3) is 0 Å². The molecule has 0 amide bonds. The molecule has 2 heterocycles. The Hall–Kier alpha value is -0.670. The van der Waals surface area contributed by atoms with E-state index in [0.717, 1.165) is 24.2 Å². The molecule has 104 valence electrons. The third-order valence-corrected chi connectivity index (χ3v) is 6.00. The van der Waals surface area contributed by atoms with Gasteiger partial charge in [-0.15, -0.1) is 0 Å². The molecule has 3 heteroatoms. The van der Waals surface area contributed by atoms with E-state index in [1.807, 2.05) is 12.1 Å². The molecule has 2 unspecified atom stereocenters. The minimum absolute atomic E-state index is 0.614. The van der Waals surface area contributed by atoms with Crippen molar-refractivity contribution in [2.24, 2.45) is 0 Å². The SMILES string of the molecule is COc1ccc(C)cc1C1(O)CC2CCCC(C1)S2. The Morgan fingerprint density at radius 3 is 2.58 bits per heavy atom. The van der Waals surface area contributed by atoms with Gasteiger partial charge in [0.15, 0.2) is 0 Å². The van der Waals surface area contributed by atoms with Crippen molar-refractivity contribution in [1.82, 2.24) is 0 Å². The summed E-state index contributed by atoms with van der Waals surface area (Å²) in [5.41, 5.74) is 1.48. The molecular weight excluding hydrogens is 256 g/mol. The molecule has 0 aliphatic carbocycles. The van der Waals surface area contributed by atoms with Gasteiger partial charge in [-0.2, -0.15) is 11.8 Å². The Kier molecular flexibility index (Phi) is 3.52. The molecule has 2 atom stereocenters. The first-order valence-electron chi connectivity index (χ1n) is 7.14. The van der Waals surface area contributed by atoms with E-state index in [4.69, 9.17) is 4.74 Å². The monoisotopic (exact) mass is 278 g/mol. The van der Waals surface area contributed by atoms with Gasteiger partial charge >= 0.3 is 0 Å². The molecule has 2 aliphatic rings. The summed E-state index contributed by atoms with van der Waals surface area (Å²) >= 11 is 2.09. The van der Waals surface area contributed by atoms with Crippen LogP contribution in [-0.2, 0) is 5.60 Å². The van der Waals surface area contributed by atoms with Gasteiger partial charge in [-0.3, -0.25) is 0 Å². The fourth-order valence-electron chi connectivity index (χ4n) is 3.52. The van der Waals surface area contributed by atoms with Gasteiger partial charge in [0.05, 0.1) is 12.7 Å². The number of aliphatic hydroxyl groups is 1. The van der Waals surface area contributed by atoms with Gasteiger partial charge < -0.3 is 9.84 Å². The number of hydrogen-bond acceptors (Lipinski definition) is 3. The topological polar surface area (TPSA) is 29.5 Å². The lowest BCUT2D eigenvalue weighted by atomic mass is 9.79. The largest absolute Gasteiger partial charge is 0.496 e. The van der Waals surface area contributed by atoms with Gasteiger partial charge in [-0.1, -0.05) is 18.1 Å². The highest BCUT2D eigenvalue weighted by molar-refractivity contribution is 8.00. The minimum atomic E-state index is -0.696. The van der Waals surface area contributed by atoms with Gasteiger partial charge in [-0.05, 0) is 44.7 Å². The van der Waals surface area contributed by atoms with Crippen LogP contribution in [-0.4, -0.2) is 22.7 Å². The first-order chi connectivity index (χ1) is 9.10. The van der Waals surface area contributed by atoms with Crippen molar-refractivity contribution in [2.45, 2.75) is 55.1 Å². The van der Waals surface area contributed by atoms with Crippen LogP contribution in [0.25, 0.3) is 0 Å². The molecule has 0 spiro atoms. The average molecular weight is 278 g/mol. The zero-order valence-electron chi connectivity index (χ0n) is 11.7. The van der Waals surface area contributed by atoms with Gasteiger partial charge in [0, 0.05) is 16.1 Å². The fraction of sp³-hybridized carbons (Fsp3) is 0.625. The Bertz CT molecular complexity index is 460. The lowest BCUT2D eigenvalue weighted by molar-refractivity contribution is 0.00605. The lowest BCUT2D eigenvalue weighted by Gasteiger charge is -2.44. The van der Waals surface area contributed by atoms with Crippen LogP contribution in [0.2, 0.25) is 0 Å². The average Bonchev–Trinajstić information content (AvgIpc) is 2.38. The van der Waals surface area contributed by atoms with Gasteiger partial charge in [0.2, 0.25) is 0 Å². The molecule has 2 aliphatic heterocycles. The highest BCUT2D eigenvalue weighted by Gasteiger charge is 2.43. The Balaban J connectivity index is 1.97. The maximum absolute atomic E-state index is 11.2. The third-order valence-electron chi connectivity index (χ3n) is 4.42. The maximum Gasteiger partial charge on any atom is 0.124 e. The first-order valence-corrected chi connectivity index (χ1v) is 8.08. The number of benzene rings is 1. The summed E-state index contributed by atoms with van der Waals surface area (Å²) in [4.78, 5) is 0. The minimum Gasteiger partial charge on any atom is -0.496 e. The highest BCUT2D eigenvalue weighted by atomic mass is 32.2. The zero-order chi connectivity index (χ0) is 13.5. The number of methoxy groups -OCH3 is 1. The normalized spacial score (nSPS) is 34.1. The summed E-state index contributed by atoms with van der Waals surface area (Å²) < 4.78 is 5.47. The standard InChI is InChI=1S/C16H22O2S/c1-11-6-7-15(18-2)14(8-11)16(17)9-12-4-3-5-13(10-16)19-12/h6-8,12-13,17H,3-5,9-10H2,1-2H3. The summed E-state index contributed by atoms with van der Waals surface area (Å²) in [7, 11) is 1.69. The summed E-state index contributed by atoms with van der Waals surface area (Å²) in [5.74, 6) is 0.832. The van der Waals surface area contributed by atoms with Crippen molar-refractivity contribution in [3.05, 3.63) is 29.3 Å². The molecule has 0 radical (unpaired) electrons. The van der Waals surface area contributed by atoms with E-state index in [9.17, 15) is 5.11 Å². The van der Waals surface area contributed by atoms with Crippen LogP contribution in [0.4, 0.5) is 0 Å². The highest BCUT2D eigenvalue weighted by Crippen LogP contribution is 2.51. The number of ether oxygens (including phenoxy) is 1. The fourth-order valence-corrected chi connectivity index (χ4v) is 5.42. The number of aryl methyl sites for hydroxylation is 1. The van der Waals surface area contributed by atoms with Crippen LogP contribution in [0.1, 0.15) is 43.2 Å². The molecule has 3 rings (SSSR count). The maximum atomic E-state index is 11.2. The zero-order valence-corrected chi connectivity index (χ0v) is 12.5. The first kappa shape index (κ1) is 13.3. The molecule has 2 bridgehead atoms. The summed E-state index contributed by atoms with van der Waals surface area (Å²) in [6.45, 7) is 2.07. The summed E-state index contributed by atoms with van der Waals surface area (Å²) in [6.07, 6.45) is 5.56. The number of thioether (sulfide) groups is 1. The van der Waals surface area contributed by atoms with E-state index in [-0.39, 0.29) is 0 Å². The van der Waals surface area contributed by atoms with Gasteiger partial charge in [-0.25, -0.2) is 0 Å². The van der Waals surface area contributed by atoms with E-state index < -0.39 is 5.60 Å². The molecule has 2 fully saturated rings. The quantitative estimate of drug-likeness (QED) is 0.895. The third kappa shape index (κ3) is 2.50. The second-order valence-electron chi connectivity index (χ2n) is 5.95. The van der Waals surface area contributed by atoms with Crippen molar-refractivity contribution >= 4 is 11.8 Å². The molecule has 1 N–H and O–H groups in total. The molecule has 1 aromatic rings. The number of fused-ring (bicyclic) bond motifs is 2. The van der Waals surface area contributed by atoms with Crippen molar-refractivity contribution < 1.29 is 9.84 Å². The van der Waals surface area contributed by atoms with E-state index in [1.165, 1.54) is 24.8 Å². The second kappa shape index (κ2) is 5.02. The molecular formula is C16H22O2S. The Labute approximate surface area is 119 Å². The van der Waals surface area contributed by atoms with E-state index in [2.05, 4.69) is 24.8 Å². The van der Waals surface area contributed by atoms with E-state index in [0.29, 0.717) is 10.5 Å². The van der Waals surface area contributed by atoms with Crippen LogP contribution in [0.5, 0.6) is 5.75 Å². The van der Waals surface area contributed by atoms with Crippen molar-refractivity contribution in [3.8, 4) is 5.75 Å². The van der Waals surface area contributed by atoms with Crippen LogP contribution in [0.3, 0.4) is 0 Å². The van der Waals surface area contributed by atoms with Crippen LogP contribution >= 0.6 is 11.8 Å². The Morgan fingerprint density at radius 2 is 1.95 bits per heavy atom. The van der Waals surface area contributed by atoms with Crippen molar-refractivity contribution in [3.63, 3.8) is 0 Å². The second-order valence-corrected chi connectivity index (χ2v) is 7.56. The van der Waals surface area contributed by atoms with E-state index >= 15 is 0 Å². The predicted octanol–water partition coefficient (Wildman–Crippen LogP) is 3.64. The predicted molar refractivity (Wildman–Crippen MR) is 79.9 cm³/mol. The molecule has 0 saturated carbocycles. The van der Waals surface area contributed by atoms with Crippen LogP contribution < -0.4 is 4.74 Å². The van der Waals surface area contributed by atoms with Gasteiger partial charge in [0.1, 0.15) is 5.75 Å². The summed E-state index contributed by atoms with van der Waals surface area (Å²) in [6, 6.07) is 6.13. The number of rotatable bonds is 2. The van der Waals surface area contributed by atoms with Crippen LogP contribution in [0.15, 0.2) is 18.2 Å².